The first-order valence-corrected chi connectivity index (χ1v) is 7.28. The highest BCUT2D eigenvalue weighted by molar-refractivity contribution is 9.10. The van der Waals surface area contributed by atoms with Gasteiger partial charge in [-0.15, -0.1) is 0 Å². The summed E-state index contributed by atoms with van der Waals surface area (Å²) < 4.78 is 7.75. The molecule has 1 fully saturated rings. The van der Waals surface area contributed by atoms with Crippen molar-refractivity contribution in [1.82, 2.24) is 19.6 Å². The fourth-order valence-electron chi connectivity index (χ4n) is 2.61. The monoisotopic (exact) mass is 338 g/mol. The third kappa shape index (κ3) is 2.26. The summed E-state index contributed by atoms with van der Waals surface area (Å²) in [7, 11) is 1.86. The number of aromatic nitrogens is 3. The van der Waals surface area contributed by atoms with E-state index in [0.717, 1.165) is 23.9 Å². The lowest BCUT2D eigenvalue weighted by molar-refractivity contribution is 0.0718. The van der Waals surface area contributed by atoms with Gasteiger partial charge in [0.2, 0.25) is 5.89 Å². The van der Waals surface area contributed by atoms with Crippen molar-refractivity contribution in [3.8, 4) is 0 Å². The molecule has 0 aromatic carbocycles. The molecule has 1 amide bonds. The summed E-state index contributed by atoms with van der Waals surface area (Å²) in [5.74, 6) is 1.13. The molecule has 1 aliphatic rings. The molecule has 0 aliphatic carbocycles. The Hall–Kier alpha value is -1.63. The number of aryl methyl sites for hydroxylation is 2. The Bertz CT molecular complexity index is 649. The summed E-state index contributed by atoms with van der Waals surface area (Å²) in [5, 5.41) is 3.96. The van der Waals surface area contributed by atoms with Crippen LogP contribution in [-0.2, 0) is 7.05 Å². The SMILES string of the molecule is Cc1nc([C@@H]2CCCN2C(=O)c2cc(Br)cn2C)no1. The van der Waals surface area contributed by atoms with Crippen LogP contribution in [0.25, 0.3) is 0 Å². The number of halogens is 1. The predicted octanol–water partition coefficient (Wildman–Crippen LogP) is 2.46. The van der Waals surface area contributed by atoms with Gasteiger partial charge in [0.1, 0.15) is 5.69 Å². The minimum absolute atomic E-state index is 0.00292. The van der Waals surface area contributed by atoms with E-state index in [9.17, 15) is 4.79 Å². The predicted molar refractivity (Wildman–Crippen MR) is 75.2 cm³/mol. The van der Waals surface area contributed by atoms with Crippen LogP contribution in [0.15, 0.2) is 21.3 Å². The zero-order valence-corrected chi connectivity index (χ0v) is 12.9. The first-order chi connectivity index (χ1) is 9.56. The Kier molecular flexibility index (Phi) is 3.37. The molecule has 6 nitrogen and oxygen atoms in total. The summed E-state index contributed by atoms with van der Waals surface area (Å²) in [6, 6.07) is 1.74. The number of amides is 1. The number of nitrogens with zero attached hydrogens (tertiary/aromatic N) is 4. The molecule has 7 heteroatoms. The summed E-state index contributed by atoms with van der Waals surface area (Å²) >= 11 is 3.39. The molecule has 2 aromatic heterocycles. The molecule has 2 aromatic rings. The van der Waals surface area contributed by atoms with Gasteiger partial charge in [-0.2, -0.15) is 4.98 Å². The molecular weight excluding hydrogens is 324 g/mol. The first kappa shape index (κ1) is 13.4. The van der Waals surface area contributed by atoms with Crippen LogP contribution < -0.4 is 0 Å². The van der Waals surface area contributed by atoms with Crippen molar-refractivity contribution in [2.75, 3.05) is 6.54 Å². The molecule has 106 valence electrons. The highest BCUT2D eigenvalue weighted by Crippen LogP contribution is 2.32. The van der Waals surface area contributed by atoms with Crippen LogP contribution >= 0.6 is 15.9 Å². The lowest BCUT2D eigenvalue weighted by Gasteiger charge is -2.22. The zero-order valence-electron chi connectivity index (χ0n) is 11.3. The van der Waals surface area contributed by atoms with Crippen molar-refractivity contribution < 1.29 is 9.32 Å². The van der Waals surface area contributed by atoms with E-state index in [1.807, 2.05) is 28.8 Å². The Morgan fingerprint density at radius 3 is 2.95 bits per heavy atom. The summed E-state index contributed by atoms with van der Waals surface area (Å²) in [6.45, 7) is 2.48. The fraction of sp³-hybridized carbons (Fsp3) is 0.462. The lowest BCUT2D eigenvalue weighted by atomic mass is 10.2. The maximum Gasteiger partial charge on any atom is 0.271 e. The second kappa shape index (κ2) is 5.05. The van der Waals surface area contributed by atoms with Crippen molar-refractivity contribution in [3.63, 3.8) is 0 Å². The van der Waals surface area contributed by atoms with Crippen LogP contribution in [0, 0.1) is 6.92 Å². The Labute approximate surface area is 124 Å². The van der Waals surface area contributed by atoms with E-state index in [-0.39, 0.29) is 11.9 Å². The molecule has 0 spiro atoms. The van der Waals surface area contributed by atoms with Crippen LogP contribution in [0.1, 0.15) is 41.1 Å². The van der Waals surface area contributed by atoms with Crippen LogP contribution in [0.3, 0.4) is 0 Å². The minimum Gasteiger partial charge on any atom is -0.345 e. The van der Waals surface area contributed by atoms with E-state index in [4.69, 9.17) is 4.52 Å². The number of hydrogen-bond donors (Lipinski definition) is 0. The van der Waals surface area contributed by atoms with Gasteiger partial charge in [0.25, 0.3) is 5.91 Å². The van der Waals surface area contributed by atoms with Gasteiger partial charge in [-0.25, -0.2) is 0 Å². The van der Waals surface area contributed by atoms with Crippen LogP contribution in [0.4, 0.5) is 0 Å². The molecule has 1 aliphatic heterocycles. The highest BCUT2D eigenvalue weighted by atomic mass is 79.9. The number of carbonyl (C=O) groups is 1. The van der Waals surface area contributed by atoms with Gasteiger partial charge in [0.15, 0.2) is 5.82 Å². The summed E-state index contributed by atoms with van der Waals surface area (Å²) in [5.41, 5.74) is 0.656. The number of hydrogen-bond acceptors (Lipinski definition) is 4. The smallest absolute Gasteiger partial charge is 0.271 e. The van der Waals surface area contributed by atoms with E-state index >= 15 is 0 Å². The van der Waals surface area contributed by atoms with Gasteiger partial charge < -0.3 is 14.0 Å². The summed E-state index contributed by atoms with van der Waals surface area (Å²) in [4.78, 5) is 18.8. The maximum absolute atomic E-state index is 12.7. The van der Waals surface area contributed by atoms with Gasteiger partial charge >= 0.3 is 0 Å². The van der Waals surface area contributed by atoms with Gasteiger partial charge in [0.05, 0.1) is 6.04 Å². The quantitative estimate of drug-likeness (QED) is 0.843. The molecule has 0 unspecified atom stereocenters. The molecule has 0 saturated carbocycles. The first-order valence-electron chi connectivity index (χ1n) is 6.49. The number of rotatable bonds is 2. The highest BCUT2D eigenvalue weighted by Gasteiger charge is 2.34. The van der Waals surface area contributed by atoms with Crippen LogP contribution in [0.5, 0.6) is 0 Å². The van der Waals surface area contributed by atoms with Crippen molar-refractivity contribution in [2.45, 2.75) is 25.8 Å². The van der Waals surface area contributed by atoms with Gasteiger partial charge in [-0.05, 0) is 34.8 Å². The average Bonchev–Trinajstić information content (AvgIpc) is 3.08. The third-order valence-corrected chi connectivity index (χ3v) is 3.98. The molecule has 0 radical (unpaired) electrons. The van der Waals surface area contributed by atoms with Gasteiger partial charge in [-0.1, -0.05) is 5.16 Å². The van der Waals surface area contributed by atoms with Crippen molar-refractivity contribution in [1.29, 1.82) is 0 Å². The van der Waals surface area contributed by atoms with Crippen LogP contribution in [0.2, 0.25) is 0 Å². The van der Waals surface area contributed by atoms with Gasteiger partial charge in [-0.3, -0.25) is 4.79 Å². The molecule has 20 heavy (non-hydrogen) atoms. The molecule has 0 bridgehead atoms. The molecular formula is C13H15BrN4O2. The minimum atomic E-state index is -0.0892. The molecule has 1 saturated heterocycles. The second-order valence-electron chi connectivity index (χ2n) is 4.98. The standard InChI is InChI=1S/C13H15BrN4O2/c1-8-15-12(16-20-8)10-4-3-5-18(10)13(19)11-6-9(14)7-17(11)2/h6-7,10H,3-5H2,1-2H3/t10-/m0/s1. The number of carbonyl (C=O) groups excluding carboxylic acids is 1. The van der Waals surface area contributed by atoms with Crippen molar-refractivity contribution >= 4 is 21.8 Å². The van der Waals surface area contributed by atoms with E-state index < -0.39 is 0 Å². The van der Waals surface area contributed by atoms with E-state index in [0.29, 0.717) is 17.4 Å². The van der Waals surface area contributed by atoms with Crippen molar-refractivity contribution in [3.05, 3.63) is 34.1 Å². The Balaban J connectivity index is 1.89. The number of likely N-dealkylation sites (tertiary alicyclic amines) is 1. The molecule has 3 heterocycles. The lowest BCUT2D eigenvalue weighted by Crippen LogP contribution is -2.32. The normalized spacial score (nSPS) is 18.8. The third-order valence-electron chi connectivity index (χ3n) is 3.55. The van der Waals surface area contributed by atoms with Crippen LogP contribution in [-0.4, -0.2) is 32.1 Å². The largest absolute Gasteiger partial charge is 0.345 e. The maximum atomic E-state index is 12.7. The summed E-state index contributed by atoms with van der Waals surface area (Å²) in [6.07, 6.45) is 3.70. The van der Waals surface area contributed by atoms with E-state index in [1.54, 1.807) is 6.92 Å². The molecule has 1 atom stereocenters. The fourth-order valence-corrected chi connectivity index (χ4v) is 3.14. The zero-order chi connectivity index (χ0) is 14.3. The van der Waals surface area contributed by atoms with E-state index in [2.05, 4.69) is 26.1 Å². The van der Waals surface area contributed by atoms with Gasteiger partial charge in [0, 0.05) is 31.2 Å². The Morgan fingerprint density at radius 1 is 1.55 bits per heavy atom. The molecule has 3 rings (SSSR count). The topological polar surface area (TPSA) is 64.2 Å². The van der Waals surface area contributed by atoms with Crippen molar-refractivity contribution in [2.24, 2.45) is 7.05 Å². The Morgan fingerprint density at radius 2 is 2.35 bits per heavy atom. The second-order valence-corrected chi connectivity index (χ2v) is 5.90. The average molecular weight is 339 g/mol. The molecule has 0 N–H and O–H groups in total. The van der Waals surface area contributed by atoms with E-state index in [1.165, 1.54) is 0 Å².